The summed E-state index contributed by atoms with van der Waals surface area (Å²) in [7, 11) is 0. The second-order valence-corrected chi connectivity index (χ2v) is 8.76. The Labute approximate surface area is 200 Å². The molecule has 0 amide bonds. The highest BCUT2D eigenvalue weighted by Gasteiger charge is 2.18. The fourth-order valence-electron chi connectivity index (χ4n) is 4.43. The number of nitrogens with one attached hydrogen (secondary N) is 2. The molecule has 1 aliphatic rings. The van der Waals surface area contributed by atoms with Gasteiger partial charge in [-0.15, -0.1) is 0 Å². The van der Waals surface area contributed by atoms with Crippen molar-refractivity contribution in [2.45, 2.75) is 32.9 Å². The normalized spacial score (nSPS) is 13.0. The van der Waals surface area contributed by atoms with Crippen molar-refractivity contribution in [3.05, 3.63) is 81.3 Å². The number of hydrogen-bond donors (Lipinski definition) is 2. The topological polar surface area (TPSA) is 95.6 Å². The highest BCUT2D eigenvalue weighted by Crippen LogP contribution is 2.30. The number of anilines is 2. The molecule has 0 saturated heterocycles. The van der Waals surface area contributed by atoms with E-state index in [9.17, 15) is 14.4 Å². The van der Waals surface area contributed by atoms with Crippen molar-refractivity contribution in [3.63, 3.8) is 0 Å². The maximum Gasteiger partial charge on any atom is 0.269 e. The van der Waals surface area contributed by atoms with E-state index in [0.29, 0.717) is 0 Å². The molecule has 3 heterocycles. The largest absolute Gasteiger partial charge is 0.324 e. The van der Waals surface area contributed by atoms with Crippen LogP contribution in [0.4, 0.5) is 20.4 Å². The van der Waals surface area contributed by atoms with Gasteiger partial charge >= 0.3 is 0 Å². The van der Waals surface area contributed by atoms with E-state index in [1.54, 1.807) is 13.8 Å². The summed E-state index contributed by atoms with van der Waals surface area (Å²) in [6, 6.07) is 11.3. The summed E-state index contributed by atoms with van der Waals surface area (Å²) in [5.41, 5.74) is 2.85. The summed E-state index contributed by atoms with van der Waals surface area (Å²) in [6.45, 7) is 5.24. The fourth-order valence-corrected chi connectivity index (χ4v) is 4.43. The lowest BCUT2D eigenvalue weighted by Gasteiger charge is -2.18. The van der Waals surface area contributed by atoms with Gasteiger partial charge in [-0.3, -0.25) is 4.79 Å². The Morgan fingerprint density at radius 1 is 1.14 bits per heavy atom. The zero-order valence-corrected chi connectivity index (χ0v) is 19.2. The standard InChI is InChI=1S/C26H22F2N6O/c1-14(2)34-23-10-17(9-21(27)20(23)8-18(11-29)25(34)35)24-22(28)13-31-26(33-24)32-19-4-3-16-12-30-6-5-15(16)7-19/h3-4,7-10,13-14,30H,5-6,12H2,1-2H3,(H,31,32,33). The molecule has 0 spiro atoms. The maximum absolute atomic E-state index is 15.2. The first kappa shape index (κ1) is 22.6. The van der Waals surface area contributed by atoms with Crippen molar-refractivity contribution < 1.29 is 8.78 Å². The molecule has 0 aliphatic carbocycles. The first-order valence-corrected chi connectivity index (χ1v) is 11.3. The van der Waals surface area contributed by atoms with Crippen molar-refractivity contribution in [2.24, 2.45) is 0 Å². The SMILES string of the molecule is CC(C)n1c(=O)c(C#N)cc2c(F)cc(-c3nc(Nc4ccc5c(c4)CCNC5)ncc3F)cc21. The van der Waals surface area contributed by atoms with Crippen LogP contribution in [-0.4, -0.2) is 21.1 Å². The Balaban J connectivity index is 1.60. The Bertz CT molecular complexity index is 1570. The highest BCUT2D eigenvalue weighted by atomic mass is 19.1. The third-order valence-corrected chi connectivity index (χ3v) is 6.11. The van der Waals surface area contributed by atoms with Crippen LogP contribution in [0, 0.1) is 23.0 Å². The number of pyridine rings is 1. The van der Waals surface area contributed by atoms with Gasteiger partial charge < -0.3 is 15.2 Å². The predicted octanol–water partition coefficient (Wildman–Crippen LogP) is 4.58. The van der Waals surface area contributed by atoms with Crippen LogP contribution < -0.4 is 16.2 Å². The summed E-state index contributed by atoms with van der Waals surface area (Å²) < 4.78 is 31.3. The first-order chi connectivity index (χ1) is 16.9. The van der Waals surface area contributed by atoms with Crippen LogP contribution in [0.5, 0.6) is 0 Å². The molecule has 2 N–H and O–H groups in total. The molecule has 0 atom stereocenters. The maximum atomic E-state index is 15.2. The lowest BCUT2D eigenvalue weighted by molar-refractivity contribution is 0.594. The van der Waals surface area contributed by atoms with Crippen LogP contribution in [0.2, 0.25) is 0 Å². The molecule has 35 heavy (non-hydrogen) atoms. The van der Waals surface area contributed by atoms with E-state index in [4.69, 9.17) is 0 Å². The van der Waals surface area contributed by atoms with E-state index in [2.05, 4.69) is 20.6 Å². The minimum absolute atomic E-state index is 0.0995. The van der Waals surface area contributed by atoms with Crippen molar-refractivity contribution in [2.75, 3.05) is 11.9 Å². The van der Waals surface area contributed by atoms with Gasteiger partial charge in [0, 0.05) is 29.2 Å². The molecule has 176 valence electrons. The number of nitriles is 1. The third-order valence-electron chi connectivity index (χ3n) is 6.11. The van der Waals surface area contributed by atoms with Gasteiger partial charge in [0.2, 0.25) is 5.95 Å². The number of fused-ring (bicyclic) bond motifs is 2. The van der Waals surface area contributed by atoms with Gasteiger partial charge in [0.25, 0.3) is 5.56 Å². The van der Waals surface area contributed by atoms with E-state index in [-0.39, 0.29) is 39.7 Å². The van der Waals surface area contributed by atoms with Gasteiger partial charge in [0.05, 0.1) is 11.7 Å². The van der Waals surface area contributed by atoms with E-state index >= 15 is 4.39 Å². The molecule has 0 fully saturated rings. The molecule has 5 rings (SSSR count). The minimum atomic E-state index is -0.724. The Morgan fingerprint density at radius 3 is 2.74 bits per heavy atom. The Hall–Kier alpha value is -4.16. The van der Waals surface area contributed by atoms with Gasteiger partial charge in [0.15, 0.2) is 5.82 Å². The molecule has 0 unspecified atom stereocenters. The minimum Gasteiger partial charge on any atom is -0.324 e. The van der Waals surface area contributed by atoms with Crippen LogP contribution in [0.1, 0.15) is 36.6 Å². The summed E-state index contributed by atoms with van der Waals surface area (Å²) >= 11 is 0. The number of halogens is 2. The van der Waals surface area contributed by atoms with E-state index in [0.717, 1.165) is 37.5 Å². The molecule has 0 radical (unpaired) electrons. The van der Waals surface area contributed by atoms with Gasteiger partial charge in [-0.2, -0.15) is 5.26 Å². The monoisotopic (exact) mass is 472 g/mol. The summed E-state index contributed by atoms with van der Waals surface area (Å²) in [5.74, 6) is -1.24. The lowest BCUT2D eigenvalue weighted by atomic mass is 10.0. The highest BCUT2D eigenvalue weighted by molar-refractivity contribution is 5.86. The second kappa shape index (κ2) is 8.89. The van der Waals surface area contributed by atoms with Crippen molar-refractivity contribution in [1.82, 2.24) is 19.9 Å². The Morgan fingerprint density at radius 2 is 1.97 bits per heavy atom. The van der Waals surface area contributed by atoms with Gasteiger partial charge in [0.1, 0.15) is 23.1 Å². The van der Waals surface area contributed by atoms with Crippen LogP contribution in [-0.2, 0) is 13.0 Å². The third kappa shape index (κ3) is 4.13. The quantitative estimate of drug-likeness (QED) is 0.452. The average Bonchev–Trinajstić information content (AvgIpc) is 2.84. The zero-order valence-electron chi connectivity index (χ0n) is 19.2. The summed E-state index contributed by atoms with van der Waals surface area (Å²) in [4.78, 5) is 21.1. The van der Waals surface area contributed by atoms with E-state index in [1.807, 2.05) is 24.3 Å². The van der Waals surface area contributed by atoms with Gasteiger partial charge in [-0.1, -0.05) is 6.07 Å². The molecule has 2 aromatic carbocycles. The Kier molecular flexibility index (Phi) is 5.75. The molecule has 9 heteroatoms. The van der Waals surface area contributed by atoms with Crippen LogP contribution >= 0.6 is 0 Å². The van der Waals surface area contributed by atoms with E-state index in [1.165, 1.54) is 27.8 Å². The number of aromatic nitrogens is 3. The molecule has 2 aromatic heterocycles. The molecule has 0 saturated carbocycles. The van der Waals surface area contributed by atoms with E-state index < -0.39 is 17.2 Å². The predicted molar refractivity (Wildman–Crippen MR) is 129 cm³/mol. The molecular weight excluding hydrogens is 450 g/mol. The zero-order chi connectivity index (χ0) is 24.7. The number of benzene rings is 2. The number of rotatable bonds is 4. The average molecular weight is 472 g/mol. The molecule has 1 aliphatic heterocycles. The first-order valence-electron chi connectivity index (χ1n) is 11.3. The second-order valence-electron chi connectivity index (χ2n) is 8.76. The summed E-state index contributed by atoms with van der Waals surface area (Å²) in [6.07, 6.45) is 1.94. The van der Waals surface area contributed by atoms with Crippen molar-refractivity contribution >= 4 is 22.5 Å². The lowest BCUT2D eigenvalue weighted by Crippen LogP contribution is -2.24. The van der Waals surface area contributed by atoms with Gasteiger partial charge in [-0.05, 0) is 68.3 Å². The number of nitrogens with zero attached hydrogens (tertiary/aromatic N) is 4. The molecule has 0 bridgehead atoms. The molecular formula is C26H22F2N6O. The molecule has 7 nitrogen and oxygen atoms in total. The number of hydrogen-bond acceptors (Lipinski definition) is 6. The fraction of sp³-hybridized carbons (Fsp3) is 0.231. The van der Waals surface area contributed by atoms with Gasteiger partial charge in [-0.25, -0.2) is 18.7 Å². The summed E-state index contributed by atoms with van der Waals surface area (Å²) in [5, 5.41) is 15.8. The van der Waals surface area contributed by atoms with Crippen molar-refractivity contribution in [1.29, 1.82) is 5.26 Å². The van der Waals surface area contributed by atoms with Crippen LogP contribution in [0.15, 0.2) is 47.4 Å². The molecule has 4 aromatic rings. The van der Waals surface area contributed by atoms with Crippen LogP contribution in [0.25, 0.3) is 22.2 Å². The smallest absolute Gasteiger partial charge is 0.269 e. The van der Waals surface area contributed by atoms with Crippen molar-refractivity contribution in [3.8, 4) is 17.3 Å². The van der Waals surface area contributed by atoms with Crippen LogP contribution in [0.3, 0.4) is 0 Å².